The lowest BCUT2D eigenvalue weighted by atomic mass is 9.99. The molecule has 5 nitrogen and oxygen atoms in total. The van der Waals surface area contributed by atoms with Crippen LogP contribution in [0.2, 0.25) is 0 Å². The summed E-state index contributed by atoms with van der Waals surface area (Å²) in [5.74, 6) is -0.680. The topological polar surface area (TPSA) is 69.6 Å². The molecule has 0 bridgehead atoms. The second-order valence-electron chi connectivity index (χ2n) is 5.01. The molecule has 0 saturated carbocycles. The highest BCUT2D eigenvalue weighted by molar-refractivity contribution is 5.89. The molecule has 0 aromatic carbocycles. The van der Waals surface area contributed by atoms with Crippen LogP contribution in [-0.4, -0.2) is 46.6 Å². The van der Waals surface area contributed by atoms with E-state index < -0.39 is 12.0 Å². The molecular weight excluding hydrogens is 220 g/mol. The summed E-state index contributed by atoms with van der Waals surface area (Å²) < 4.78 is 0. The number of carbonyl (C=O) groups excluding carboxylic acids is 1. The lowest BCUT2D eigenvalue weighted by Crippen LogP contribution is -2.51. The van der Waals surface area contributed by atoms with Crippen LogP contribution >= 0.6 is 0 Å². The number of aliphatic carboxylic acids is 1. The Labute approximate surface area is 99.5 Å². The molecule has 0 unspecified atom stereocenters. The van der Waals surface area contributed by atoms with E-state index in [0.717, 1.165) is 19.4 Å². The Bertz CT molecular complexity index is 393. The zero-order chi connectivity index (χ0) is 12.0. The summed E-state index contributed by atoms with van der Waals surface area (Å²) in [7, 11) is 0. The average Bonchev–Trinajstić information content (AvgIpc) is 2.90. The Hall–Kier alpha value is -1.36. The van der Waals surface area contributed by atoms with Gasteiger partial charge in [0.25, 0.3) is 0 Å². The van der Waals surface area contributed by atoms with E-state index in [2.05, 4.69) is 11.4 Å². The minimum Gasteiger partial charge on any atom is -0.480 e. The number of nitrogens with one attached hydrogen (secondary N) is 1. The first-order chi connectivity index (χ1) is 8.18. The van der Waals surface area contributed by atoms with Gasteiger partial charge in [-0.05, 0) is 25.8 Å². The largest absolute Gasteiger partial charge is 0.480 e. The smallest absolute Gasteiger partial charge is 0.326 e. The Kier molecular flexibility index (Phi) is 2.43. The van der Waals surface area contributed by atoms with Crippen molar-refractivity contribution < 1.29 is 14.7 Å². The number of hydrogen-bond donors (Lipinski definition) is 2. The molecule has 0 aliphatic carbocycles. The molecular formula is C12H16N2O3. The average molecular weight is 236 g/mol. The Morgan fingerprint density at radius 1 is 1.35 bits per heavy atom. The molecule has 0 aromatic rings. The van der Waals surface area contributed by atoms with Crippen molar-refractivity contribution in [2.24, 2.45) is 5.92 Å². The number of carboxylic acids is 1. The highest BCUT2D eigenvalue weighted by Gasteiger charge is 2.46. The van der Waals surface area contributed by atoms with Crippen molar-refractivity contribution in [1.29, 1.82) is 0 Å². The Morgan fingerprint density at radius 2 is 2.18 bits per heavy atom. The number of amides is 1. The van der Waals surface area contributed by atoms with Crippen LogP contribution < -0.4 is 5.32 Å². The van der Waals surface area contributed by atoms with Gasteiger partial charge in [0.05, 0.1) is 12.1 Å². The molecule has 2 fully saturated rings. The molecule has 0 radical (unpaired) electrons. The van der Waals surface area contributed by atoms with Gasteiger partial charge < -0.3 is 15.3 Å². The summed E-state index contributed by atoms with van der Waals surface area (Å²) >= 11 is 0. The van der Waals surface area contributed by atoms with Crippen LogP contribution in [-0.2, 0) is 9.59 Å². The van der Waals surface area contributed by atoms with Gasteiger partial charge in [-0.3, -0.25) is 4.79 Å². The van der Waals surface area contributed by atoms with Gasteiger partial charge >= 0.3 is 5.97 Å². The van der Waals surface area contributed by atoms with Crippen molar-refractivity contribution in [3.05, 3.63) is 12.2 Å². The summed E-state index contributed by atoms with van der Waals surface area (Å²) in [5, 5.41) is 12.3. The molecule has 2 saturated heterocycles. The van der Waals surface area contributed by atoms with Crippen LogP contribution in [0.1, 0.15) is 19.3 Å². The van der Waals surface area contributed by atoms with E-state index in [1.807, 2.05) is 6.08 Å². The highest BCUT2D eigenvalue weighted by Crippen LogP contribution is 2.32. The summed E-state index contributed by atoms with van der Waals surface area (Å²) in [5.41, 5.74) is 0. The number of fused-ring (bicyclic) bond motifs is 2. The Balaban J connectivity index is 1.93. The van der Waals surface area contributed by atoms with E-state index >= 15 is 0 Å². The molecule has 3 aliphatic rings. The summed E-state index contributed by atoms with van der Waals surface area (Å²) in [6, 6.07) is -0.870. The molecule has 4 atom stereocenters. The minimum atomic E-state index is -0.884. The maximum atomic E-state index is 12.4. The van der Waals surface area contributed by atoms with Crippen LogP contribution in [0.4, 0.5) is 0 Å². The lowest BCUT2D eigenvalue weighted by Gasteiger charge is -2.28. The fraction of sp³-hybridized carbons (Fsp3) is 0.667. The van der Waals surface area contributed by atoms with E-state index in [-0.39, 0.29) is 23.9 Å². The molecule has 0 spiro atoms. The second kappa shape index (κ2) is 3.84. The number of carboxylic acid groups (broad SMARTS) is 1. The van der Waals surface area contributed by atoms with Crippen molar-refractivity contribution in [2.75, 3.05) is 6.54 Å². The fourth-order valence-corrected chi connectivity index (χ4v) is 3.22. The van der Waals surface area contributed by atoms with Gasteiger partial charge in [0.15, 0.2) is 0 Å². The van der Waals surface area contributed by atoms with Crippen molar-refractivity contribution in [3.8, 4) is 0 Å². The lowest BCUT2D eigenvalue weighted by molar-refractivity contribution is -0.149. The van der Waals surface area contributed by atoms with Crippen LogP contribution in [0.5, 0.6) is 0 Å². The van der Waals surface area contributed by atoms with Gasteiger partial charge in [0.1, 0.15) is 6.04 Å². The third kappa shape index (κ3) is 1.57. The molecule has 1 amide bonds. The fourth-order valence-electron chi connectivity index (χ4n) is 3.22. The van der Waals surface area contributed by atoms with Gasteiger partial charge in [-0.25, -0.2) is 4.79 Å². The summed E-state index contributed by atoms with van der Waals surface area (Å²) in [6.45, 7) is 0.835. The van der Waals surface area contributed by atoms with Crippen molar-refractivity contribution in [1.82, 2.24) is 10.2 Å². The number of rotatable bonds is 1. The number of carbonyl (C=O) groups is 2. The number of nitrogens with zero attached hydrogens (tertiary/aromatic N) is 1. The van der Waals surface area contributed by atoms with E-state index in [0.29, 0.717) is 6.42 Å². The summed E-state index contributed by atoms with van der Waals surface area (Å²) in [6.07, 6.45) is 6.41. The van der Waals surface area contributed by atoms with Crippen molar-refractivity contribution in [2.45, 2.75) is 37.4 Å². The zero-order valence-corrected chi connectivity index (χ0v) is 9.50. The predicted molar refractivity (Wildman–Crippen MR) is 60.3 cm³/mol. The van der Waals surface area contributed by atoms with E-state index in [9.17, 15) is 9.59 Å². The molecule has 92 valence electrons. The first kappa shape index (κ1) is 10.8. The highest BCUT2D eigenvalue weighted by atomic mass is 16.4. The van der Waals surface area contributed by atoms with E-state index in [4.69, 9.17) is 5.11 Å². The van der Waals surface area contributed by atoms with Gasteiger partial charge in [-0.15, -0.1) is 0 Å². The van der Waals surface area contributed by atoms with E-state index in [1.165, 1.54) is 0 Å². The van der Waals surface area contributed by atoms with Crippen LogP contribution in [0.3, 0.4) is 0 Å². The maximum absolute atomic E-state index is 12.4. The normalized spacial score (nSPS) is 40.0. The molecule has 2 N–H and O–H groups in total. The molecule has 3 aliphatic heterocycles. The molecule has 5 heteroatoms. The quantitative estimate of drug-likeness (QED) is 0.628. The zero-order valence-electron chi connectivity index (χ0n) is 9.50. The number of hydrogen-bond acceptors (Lipinski definition) is 3. The first-order valence-corrected chi connectivity index (χ1v) is 6.15. The third-order valence-corrected chi connectivity index (χ3v) is 4.09. The summed E-state index contributed by atoms with van der Waals surface area (Å²) in [4.78, 5) is 25.1. The maximum Gasteiger partial charge on any atom is 0.326 e. The Morgan fingerprint density at radius 3 is 2.94 bits per heavy atom. The van der Waals surface area contributed by atoms with Crippen LogP contribution in [0, 0.1) is 5.92 Å². The van der Waals surface area contributed by atoms with E-state index in [1.54, 1.807) is 4.90 Å². The van der Waals surface area contributed by atoms with Crippen LogP contribution in [0.25, 0.3) is 0 Å². The van der Waals surface area contributed by atoms with Gasteiger partial charge in [0, 0.05) is 5.92 Å². The molecule has 0 aromatic heterocycles. The standard InChI is InChI=1S/C12H16N2O3/c15-11-10-7(5-6-13-10)1-2-8-3-4-9(12(16)17)14(8)11/h1-2,7-10,13H,3-6H2,(H,16,17)/t7-,8-,9-,10-/m0/s1. The third-order valence-electron chi connectivity index (χ3n) is 4.09. The molecule has 3 heterocycles. The second-order valence-corrected chi connectivity index (χ2v) is 5.01. The van der Waals surface area contributed by atoms with Crippen molar-refractivity contribution in [3.63, 3.8) is 0 Å². The molecule has 17 heavy (non-hydrogen) atoms. The first-order valence-electron chi connectivity index (χ1n) is 6.15. The van der Waals surface area contributed by atoms with Gasteiger partial charge in [0.2, 0.25) is 5.91 Å². The van der Waals surface area contributed by atoms with Gasteiger partial charge in [-0.1, -0.05) is 12.2 Å². The van der Waals surface area contributed by atoms with Gasteiger partial charge in [-0.2, -0.15) is 0 Å². The van der Waals surface area contributed by atoms with Crippen LogP contribution in [0.15, 0.2) is 12.2 Å². The minimum absolute atomic E-state index is 0.0176. The van der Waals surface area contributed by atoms with Crippen molar-refractivity contribution >= 4 is 11.9 Å². The predicted octanol–water partition coefficient (Wildman–Crippen LogP) is -0.0215. The molecule has 3 rings (SSSR count). The SMILES string of the molecule is O=C(O)[C@@H]1CC[C@@H]2C=C[C@H]3CCN[C@@H]3C(=O)N21. The monoisotopic (exact) mass is 236 g/mol.